The highest BCUT2D eigenvalue weighted by Gasteiger charge is 2.65. The molecule has 15 heavy (non-hydrogen) atoms. The molecule has 2 saturated carbocycles. The smallest absolute Gasteiger partial charge is 0.178 e. The molecule has 0 aromatic rings. The van der Waals surface area contributed by atoms with Crippen molar-refractivity contribution in [3.05, 3.63) is 23.8 Å². The molecule has 1 spiro atoms. The first-order chi connectivity index (χ1) is 7.11. The zero-order valence-corrected chi connectivity index (χ0v) is 8.82. The Kier molecular flexibility index (Phi) is 1.17. The summed E-state index contributed by atoms with van der Waals surface area (Å²) in [6, 6.07) is 0. The Balaban J connectivity index is 1.92. The van der Waals surface area contributed by atoms with Gasteiger partial charge in [0, 0.05) is 5.41 Å². The van der Waals surface area contributed by atoms with E-state index in [4.69, 9.17) is 4.74 Å². The maximum Gasteiger partial charge on any atom is 0.178 e. The molecule has 4 atom stereocenters. The number of carbonyl (C=O) groups excluding carboxylic acids is 1. The predicted molar refractivity (Wildman–Crippen MR) is 55.3 cm³/mol. The van der Waals surface area contributed by atoms with E-state index in [1.807, 2.05) is 6.08 Å². The fourth-order valence-corrected chi connectivity index (χ4v) is 4.23. The number of ketones is 1. The second-order valence-electron chi connectivity index (χ2n) is 5.72. The van der Waals surface area contributed by atoms with E-state index in [0.717, 1.165) is 12.8 Å². The summed E-state index contributed by atoms with van der Waals surface area (Å²) in [7, 11) is 0. The van der Waals surface area contributed by atoms with E-state index < -0.39 is 0 Å². The van der Waals surface area contributed by atoms with Gasteiger partial charge >= 0.3 is 0 Å². The Morgan fingerprint density at radius 1 is 1.53 bits per heavy atom. The molecule has 2 nitrogen and oxygen atoms in total. The summed E-state index contributed by atoms with van der Waals surface area (Å²) in [5, 5.41) is 0. The molecule has 0 aromatic carbocycles. The standard InChI is InChI=1S/C13H14O2/c1-12-7-13-3-2-9(14)5-10(13)11(15-12)4-8(12)6-13/h2-3,5,8,11H,4,6-7H2,1H3/t8?,11-,12?,13-/m0/s1. The van der Waals surface area contributed by atoms with Crippen LogP contribution < -0.4 is 0 Å². The molecule has 2 aliphatic heterocycles. The highest BCUT2D eigenvalue weighted by atomic mass is 16.5. The van der Waals surface area contributed by atoms with Gasteiger partial charge in [0.2, 0.25) is 0 Å². The molecule has 3 aliphatic carbocycles. The lowest BCUT2D eigenvalue weighted by Gasteiger charge is -2.42. The van der Waals surface area contributed by atoms with E-state index in [0.29, 0.717) is 5.92 Å². The Hall–Kier alpha value is -0.890. The number of carbonyl (C=O) groups is 1. The first-order valence-corrected chi connectivity index (χ1v) is 5.74. The van der Waals surface area contributed by atoms with Gasteiger partial charge in [-0.2, -0.15) is 0 Å². The van der Waals surface area contributed by atoms with Crippen LogP contribution in [0.5, 0.6) is 0 Å². The number of allylic oxidation sites excluding steroid dienone is 3. The highest BCUT2D eigenvalue weighted by Crippen LogP contribution is 2.67. The third-order valence-electron chi connectivity index (χ3n) is 4.84. The van der Waals surface area contributed by atoms with Gasteiger partial charge in [-0.05, 0) is 49.8 Å². The van der Waals surface area contributed by atoms with Crippen LogP contribution in [-0.4, -0.2) is 17.5 Å². The van der Waals surface area contributed by atoms with Gasteiger partial charge in [0.05, 0.1) is 11.7 Å². The van der Waals surface area contributed by atoms with E-state index in [2.05, 4.69) is 13.0 Å². The summed E-state index contributed by atoms with van der Waals surface area (Å²) in [5.74, 6) is 0.843. The molecule has 0 amide bonds. The largest absolute Gasteiger partial charge is 0.367 e. The molecule has 2 heterocycles. The van der Waals surface area contributed by atoms with Crippen LogP contribution in [0.15, 0.2) is 23.8 Å². The molecule has 0 N–H and O–H groups in total. The predicted octanol–water partition coefficient (Wildman–Crippen LogP) is 2.01. The molecular weight excluding hydrogens is 188 g/mol. The van der Waals surface area contributed by atoms with E-state index in [1.54, 1.807) is 6.08 Å². The van der Waals surface area contributed by atoms with Gasteiger partial charge in [0.25, 0.3) is 0 Å². The Morgan fingerprint density at radius 2 is 2.40 bits per heavy atom. The van der Waals surface area contributed by atoms with Crippen LogP contribution in [0.4, 0.5) is 0 Å². The van der Waals surface area contributed by atoms with Crippen molar-refractivity contribution in [3.63, 3.8) is 0 Å². The first-order valence-electron chi connectivity index (χ1n) is 5.74. The average molecular weight is 202 g/mol. The zero-order chi connectivity index (χ0) is 10.3. The van der Waals surface area contributed by atoms with Crippen LogP contribution in [0.1, 0.15) is 26.2 Å². The van der Waals surface area contributed by atoms with Crippen molar-refractivity contribution in [1.29, 1.82) is 0 Å². The third-order valence-corrected chi connectivity index (χ3v) is 4.84. The van der Waals surface area contributed by atoms with E-state index in [1.165, 1.54) is 12.0 Å². The number of rotatable bonds is 0. The van der Waals surface area contributed by atoms with E-state index >= 15 is 0 Å². The topological polar surface area (TPSA) is 26.3 Å². The summed E-state index contributed by atoms with van der Waals surface area (Å²) in [4.78, 5) is 11.4. The van der Waals surface area contributed by atoms with Crippen LogP contribution in [-0.2, 0) is 9.53 Å². The minimum atomic E-state index is 0.0900. The van der Waals surface area contributed by atoms with Crippen LogP contribution in [0.2, 0.25) is 0 Å². The highest BCUT2D eigenvalue weighted by molar-refractivity contribution is 6.01. The molecule has 2 unspecified atom stereocenters. The van der Waals surface area contributed by atoms with Crippen LogP contribution in [0.3, 0.4) is 0 Å². The Morgan fingerprint density at radius 3 is 3.20 bits per heavy atom. The maximum atomic E-state index is 11.4. The molecule has 0 aromatic heterocycles. The minimum absolute atomic E-state index is 0.0900. The lowest BCUT2D eigenvalue weighted by molar-refractivity contribution is -0.111. The molecule has 0 radical (unpaired) electrons. The van der Waals surface area contributed by atoms with Gasteiger partial charge in [-0.1, -0.05) is 6.08 Å². The van der Waals surface area contributed by atoms with Crippen LogP contribution in [0.25, 0.3) is 0 Å². The van der Waals surface area contributed by atoms with Gasteiger partial charge < -0.3 is 4.74 Å². The average Bonchev–Trinajstić information content (AvgIpc) is 2.54. The molecule has 4 bridgehead atoms. The van der Waals surface area contributed by atoms with Gasteiger partial charge in [-0.3, -0.25) is 4.79 Å². The third kappa shape index (κ3) is 0.795. The van der Waals surface area contributed by atoms with E-state index in [9.17, 15) is 4.79 Å². The SMILES string of the molecule is CC12C[C@@]34C=CC(=O)C=C3[C@H](CC1C4)O2. The van der Waals surface area contributed by atoms with Crippen molar-refractivity contribution >= 4 is 5.78 Å². The molecule has 2 heteroatoms. The summed E-state index contributed by atoms with van der Waals surface area (Å²) >= 11 is 0. The molecule has 78 valence electrons. The second kappa shape index (κ2) is 2.12. The van der Waals surface area contributed by atoms with Gasteiger partial charge in [0.1, 0.15) is 0 Å². The molecule has 2 saturated heterocycles. The summed E-state index contributed by atoms with van der Waals surface area (Å²) in [6.45, 7) is 2.24. The summed E-state index contributed by atoms with van der Waals surface area (Å²) < 4.78 is 6.10. The number of hydrogen-bond acceptors (Lipinski definition) is 2. The summed E-state index contributed by atoms with van der Waals surface area (Å²) in [6.07, 6.45) is 9.36. The van der Waals surface area contributed by atoms with Gasteiger partial charge in [-0.15, -0.1) is 0 Å². The zero-order valence-electron chi connectivity index (χ0n) is 8.82. The van der Waals surface area contributed by atoms with E-state index in [-0.39, 0.29) is 22.9 Å². The molecule has 5 aliphatic rings. The van der Waals surface area contributed by atoms with Crippen molar-refractivity contribution < 1.29 is 9.53 Å². The Labute approximate surface area is 89.0 Å². The summed E-state index contributed by atoms with van der Waals surface area (Å²) in [5.41, 5.74) is 1.54. The van der Waals surface area contributed by atoms with Crippen LogP contribution in [0, 0.1) is 11.3 Å². The number of ether oxygens (including phenoxy) is 1. The molecule has 5 rings (SSSR count). The van der Waals surface area contributed by atoms with Crippen molar-refractivity contribution in [2.45, 2.75) is 37.9 Å². The fraction of sp³-hybridized carbons (Fsp3) is 0.615. The maximum absolute atomic E-state index is 11.4. The van der Waals surface area contributed by atoms with Gasteiger partial charge in [0.15, 0.2) is 5.78 Å². The lowest BCUT2D eigenvalue weighted by atomic mass is 9.68. The van der Waals surface area contributed by atoms with Crippen molar-refractivity contribution in [2.24, 2.45) is 11.3 Å². The van der Waals surface area contributed by atoms with Gasteiger partial charge in [-0.25, -0.2) is 0 Å². The fourth-order valence-electron chi connectivity index (χ4n) is 4.23. The van der Waals surface area contributed by atoms with Crippen molar-refractivity contribution in [3.8, 4) is 0 Å². The molecular formula is C13H14O2. The minimum Gasteiger partial charge on any atom is -0.367 e. The van der Waals surface area contributed by atoms with Crippen LogP contribution >= 0.6 is 0 Å². The first kappa shape index (κ1) is 8.28. The van der Waals surface area contributed by atoms with Crippen molar-refractivity contribution in [1.82, 2.24) is 0 Å². The second-order valence-corrected chi connectivity index (χ2v) is 5.72. The lowest BCUT2D eigenvalue weighted by Crippen LogP contribution is -2.39. The quantitative estimate of drug-likeness (QED) is 0.600. The van der Waals surface area contributed by atoms with Crippen molar-refractivity contribution in [2.75, 3.05) is 0 Å². The molecule has 4 fully saturated rings. The Bertz CT molecular complexity index is 434. The number of hydrogen-bond donors (Lipinski definition) is 0. The monoisotopic (exact) mass is 202 g/mol. The normalized spacial score (nSPS) is 54.7.